The van der Waals surface area contributed by atoms with Gasteiger partial charge in [0.25, 0.3) is 0 Å². The molecule has 1 aromatic carbocycles. The van der Waals surface area contributed by atoms with Crippen molar-refractivity contribution in [3.05, 3.63) is 35.6 Å². The van der Waals surface area contributed by atoms with E-state index in [-0.39, 0.29) is 11.7 Å². The molecular formula is C14H19FN2O2S. The number of benzene rings is 1. The highest BCUT2D eigenvalue weighted by molar-refractivity contribution is 7.96. The molecule has 0 spiro atoms. The van der Waals surface area contributed by atoms with Gasteiger partial charge in [0.2, 0.25) is 0 Å². The molecule has 0 bridgehead atoms. The lowest BCUT2D eigenvalue weighted by molar-refractivity contribution is -0.141. The number of carboxylic acid groups (broad SMARTS) is 1. The molecule has 0 aliphatic carbocycles. The first-order chi connectivity index (χ1) is 9.61. The Bertz CT molecular complexity index is 455. The van der Waals surface area contributed by atoms with Crippen molar-refractivity contribution >= 4 is 17.9 Å². The van der Waals surface area contributed by atoms with Crippen LogP contribution in [0.15, 0.2) is 24.3 Å². The summed E-state index contributed by atoms with van der Waals surface area (Å²) in [6, 6.07) is 6.16. The van der Waals surface area contributed by atoms with E-state index in [0.717, 1.165) is 18.0 Å². The molecule has 0 radical (unpaired) electrons. The van der Waals surface area contributed by atoms with E-state index in [1.165, 1.54) is 12.1 Å². The molecule has 1 saturated heterocycles. The molecule has 2 atom stereocenters. The maximum atomic E-state index is 13.0. The summed E-state index contributed by atoms with van der Waals surface area (Å²) >= 11 is 1.62. The molecule has 6 heteroatoms. The first kappa shape index (κ1) is 15.3. The minimum atomic E-state index is -0.786. The fourth-order valence-electron chi connectivity index (χ4n) is 2.41. The third-order valence-corrected chi connectivity index (χ3v) is 4.50. The van der Waals surface area contributed by atoms with Crippen LogP contribution in [0.2, 0.25) is 0 Å². The summed E-state index contributed by atoms with van der Waals surface area (Å²) in [5.74, 6) is -0.821. The quantitative estimate of drug-likeness (QED) is 0.479. The van der Waals surface area contributed by atoms with Gasteiger partial charge in [0.1, 0.15) is 5.82 Å². The monoisotopic (exact) mass is 298 g/mol. The van der Waals surface area contributed by atoms with E-state index in [1.54, 1.807) is 24.1 Å². The van der Waals surface area contributed by atoms with Crippen molar-refractivity contribution in [2.45, 2.75) is 12.8 Å². The van der Waals surface area contributed by atoms with Gasteiger partial charge < -0.3 is 10.4 Å². The lowest BCUT2D eigenvalue weighted by atomic mass is 9.89. The van der Waals surface area contributed by atoms with E-state index in [9.17, 15) is 14.3 Å². The molecule has 2 unspecified atom stereocenters. The van der Waals surface area contributed by atoms with Crippen molar-refractivity contribution in [3.8, 4) is 0 Å². The summed E-state index contributed by atoms with van der Waals surface area (Å²) < 4.78 is 15.1. The Morgan fingerprint density at radius 2 is 2.15 bits per heavy atom. The van der Waals surface area contributed by atoms with E-state index < -0.39 is 11.9 Å². The zero-order valence-electron chi connectivity index (χ0n) is 11.4. The molecule has 0 amide bonds. The smallest absolute Gasteiger partial charge is 0.308 e. The fraction of sp³-hybridized carbons (Fsp3) is 0.500. The van der Waals surface area contributed by atoms with Gasteiger partial charge in [0.15, 0.2) is 0 Å². The largest absolute Gasteiger partial charge is 0.481 e. The Morgan fingerprint density at radius 3 is 2.75 bits per heavy atom. The predicted molar refractivity (Wildman–Crippen MR) is 78.0 cm³/mol. The van der Waals surface area contributed by atoms with Crippen LogP contribution < -0.4 is 5.32 Å². The average Bonchev–Trinajstić information content (AvgIpc) is 2.84. The van der Waals surface area contributed by atoms with Gasteiger partial charge in [-0.25, -0.2) is 8.70 Å². The Hall–Kier alpha value is -1.11. The molecule has 0 aromatic heterocycles. The molecule has 1 heterocycles. The second-order valence-corrected chi connectivity index (χ2v) is 5.89. The van der Waals surface area contributed by atoms with Gasteiger partial charge in [0.05, 0.1) is 11.8 Å². The van der Waals surface area contributed by atoms with Crippen LogP contribution >= 0.6 is 11.9 Å². The Balaban J connectivity index is 2.05. The van der Waals surface area contributed by atoms with Gasteiger partial charge in [-0.3, -0.25) is 4.79 Å². The average molecular weight is 298 g/mol. The van der Waals surface area contributed by atoms with Crippen molar-refractivity contribution < 1.29 is 14.3 Å². The van der Waals surface area contributed by atoms with Crippen molar-refractivity contribution in [2.75, 3.05) is 25.5 Å². The standard InChI is InChI=1S/C14H19FN2O2S/c1-2-16-9-20-17-7-12(13(8-17)14(18)19)10-3-5-11(15)6-4-10/h3-6,12-13,16H,2,7-9H2,1H3,(H,18,19). The predicted octanol–water partition coefficient (Wildman–Crippen LogP) is 2.14. The van der Waals surface area contributed by atoms with Crippen LogP contribution in [-0.4, -0.2) is 40.9 Å². The van der Waals surface area contributed by atoms with Crippen molar-refractivity contribution in [2.24, 2.45) is 5.92 Å². The normalized spacial score (nSPS) is 23.1. The number of hydrogen-bond acceptors (Lipinski definition) is 4. The lowest BCUT2D eigenvalue weighted by Crippen LogP contribution is -2.22. The first-order valence-corrected chi connectivity index (χ1v) is 7.63. The topological polar surface area (TPSA) is 52.6 Å². The van der Waals surface area contributed by atoms with Crippen molar-refractivity contribution in [1.82, 2.24) is 9.62 Å². The number of halogens is 1. The van der Waals surface area contributed by atoms with Crippen LogP contribution in [-0.2, 0) is 4.79 Å². The maximum absolute atomic E-state index is 13.0. The van der Waals surface area contributed by atoms with Gasteiger partial charge in [0, 0.05) is 19.0 Å². The number of nitrogens with zero attached hydrogens (tertiary/aromatic N) is 1. The van der Waals surface area contributed by atoms with Crippen LogP contribution in [0.4, 0.5) is 4.39 Å². The summed E-state index contributed by atoms with van der Waals surface area (Å²) in [6.45, 7) is 4.13. The molecule has 1 fully saturated rings. The Morgan fingerprint density at radius 1 is 1.45 bits per heavy atom. The van der Waals surface area contributed by atoms with E-state index in [2.05, 4.69) is 9.62 Å². The zero-order valence-corrected chi connectivity index (χ0v) is 12.2. The van der Waals surface area contributed by atoms with Gasteiger partial charge in [-0.1, -0.05) is 31.0 Å². The number of carboxylic acids is 1. The lowest BCUT2D eigenvalue weighted by Gasteiger charge is -2.15. The minimum absolute atomic E-state index is 0.0813. The molecule has 4 nitrogen and oxygen atoms in total. The Labute approximate surface area is 122 Å². The molecule has 0 saturated carbocycles. The van der Waals surface area contributed by atoms with Crippen molar-refractivity contribution in [3.63, 3.8) is 0 Å². The highest BCUT2D eigenvalue weighted by atomic mass is 32.2. The maximum Gasteiger partial charge on any atom is 0.308 e. The molecule has 110 valence electrons. The van der Waals surface area contributed by atoms with Crippen LogP contribution in [0.25, 0.3) is 0 Å². The van der Waals surface area contributed by atoms with Gasteiger partial charge in [-0.2, -0.15) is 0 Å². The summed E-state index contributed by atoms with van der Waals surface area (Å²) in [7, 11) is 0. The van der Waals surface area contributed by atoms with E-state index in [1.807, 2.05) is 6.92 Å². The molecule has 1 aliphatic rings. The number of rotatable bonds is 6. The molecule has 1 aliphatic heterocycles. The zero-order chi connectivity index (χ0) is 14.5. The van der Waals surface area contributed by atoms with Crippen LogP contribution in [0, 0.1) is 11.7 Å². The molecule has 20 heavy (non-hydrogen) atoms. The molecular weight excluding hydrogens is 279 g/mol. The van der Waals surface area contributed by atoms with Crippen LogP contribution in [0.3, 0.4) is 0 Å². The highest BCUT2D eigenvalue weighted by Gasteiger charge is 2.38. The number of carbonyl (C=O) groups is 1. The summed E-state index contributed by atoms with van der Waals surface area (Å²) in [4.78, 5) is 11.4. The van der Waals surface area contributed by atoms with Crippen LogP contribution in [0.1, 0.15) is 18.4 Å². The van der Waals surface area contributed by atoms with Crippen LogP contribution in [0.5, 0.6) is 0 Å². The fourth-order valence-corrected chi connectivity index (χ4v) is 3.42. The third kappa shape index (κ3) is 3.71. The minimum Gasteiger partial charge on any atom is -0.481 e. The van der Waals surface area contributed by atoms with Gasteiger partial charge in [-0.15, -0.1) is 0 Å². The van der Waals surface area contributed by atoms with Gasteiger partial charge >= 0.3 is 5.97 Å². The van der Waals surface area contributed by atoms with E-state index in [4.69, 9.17) is 0 Å². The summed E-state index contributed by atoms with van der Waals surface area (Å²) in [5.41, 5.74) is 0.894. The summed E-state index contributed by atoms with van der Waals surface area (Å²) in [5, 5.41) is 12.6. The number of nitrogens with one attached hydrogen (secondary N) is 1. The highest BCUT2D eigenvalue weighted by Crippen LogP contribution is 2.35. The summed E-state index contributed by atoms with van der Waals surface area (Å²) in [6.07, 6.45) is 0. The number of aliphatic carboxylic acids is 1. The first-order valence-electron chi connectivity index (χ1n) is 6.68. The van der Waals surface area contributed by atoms with E-state index >= 15 is 0 Å². The SMILES string of the molecule is CCNCSN1CC(C(=O)O)C(c2ccc(F)cc2)C1. The van der Waals surface area contributed by atoms with Gasteiger partial charge in [-0.05, 0) is 24.2 Å². The Kier molecular flexibility index (Phi) is 5.39. The molecule has 2 rings (SSSR count). The molecule has 2 N–H and O–H groups in total. The van der Waals surface area contributed by atoms with Crippen molar-refractivity contribution in [1.29, 1.82) is 0 Å². The second kappa shape index (κ2) is 7.06. The number of hydrogen-bond donors (Lipinski definition) is 2. The third-order valence-electron chi connectivity index (χ3n) is 3.50. The molecule has 1 aromatic rings. The van der Waals surface area contributed by atoms with E-state index in [0.29, 0.717) is 13.1 Å². The second-order valence-electron chi connectivity index (χ2n) is 4.83.